The van der Waals surface area contributed by atoms with Crippen molar-refractivity contribution in [2.45, 2.75) is 18.2 Å². The summed E-state index contributed by atoms with van der Waals surface area (Å²) in [6, 6.07) is 2.12. The first-order chi connectivity index (χ1) is 10.8. The molecule has 23 heavy (non-hydrogen) atoms. The van der Waals surface area contributed by atoms with E-state index in [1.54, 1.807) is 0 Å². The van der Waals surface area contributed by atoms with Crippen LogP contribution in [-0.2, 0) is 9.84 Å². The Balaban J connectivity index is 2.08. The van der Waals surface area contributed by atoms with Crippen molar-refractivity contribution in [2.24, 2.45) is 0 Å². The summed E-state index contributed by atoms with van der Waals surface area (Å²) in [7, 11) is -3.96. The molecule has 2 aromatic rings. The highest BCUT2D eigenvalue weighted by atomic mass is 32.2. The van der Waals surface area contributed by atoms with Crippen LogP contribution in [0.2, 0.25) is 0 Å². The predicted octanol–water partition coefficient (Wildman–Crippen LogP) is 4.00. The minimum absolute atomic E-state index is 0.309. The molecule has 0 amide bonds. The van der Waals surface area contributed by atoms with Gasteiger partial charge in [-0.3, -0.25) is 0 Å². The van der Waals surface area contributed by atoms with Gasteiger partial charge in [0.1, 0.15) is 21.5 Å². The molecule has 1 aliphatic rings. The number of thiazole rings is 1. The van der Waals surface area contributed by atoms with Gasteiger partial charge in [0.2, 0.25) is 0 Å². The third-order valence-corrected chi connectivity index (χ3v) is 5.59. The number of nitrogens with zero attached hydrogens (tertiary/aromatic N) is 1. The van der Waals surface area contributed by atoms with Crippen LogP contribution in [0.5, 0.6) is 0 Å². The molecule has 0 saturated carbocycles. The molecule has 1 aromatic heterocycles. The fourth-order valence-electron chi connectivity index (χ4n) is 2.54. The third kappa shape index (κ3) is 2.98. The van der Waals surface area contributed by atoms with Crippen molar-refractivity contribution in [1.29, 1.82) is 0 Å². The zero-order chi connectivity index (χ0) is 16.8. The molecule has 0 bridgehead atoms. The number of sulfone groups is 1. The van der Waals surface area contributed by atoms with E-state index in [-0.39, 0.29) is 0 Å². The van der Waals surface area contributed by atoms with Gasteiger partial charge in [-0.05, 0) is 36.6 Å². The Hall–Kier alpha value is -1.86. The fourth-order valence-corrected chi connectivity index (χ4v) is 4.22. The Morgan fingerprint density at radius 1 is 1.13 bits per heavy atom. The molecule has 0 N–H and O–H groups in total. The minimum Gasteiger partial charge on any atom is -0.241 e. The van der Waals surface area contributed by atoms with Gasteiger partial charge < -0.3 is 0 Å². The van der Waals surface area contributed by atoms with Gasteiger partial charge in [-0.2, -0.15) is 0 Å². The summed E-state index contributed by atoms with van der Waals surface area (Å²) in [5.41, 5.74) is 2.66. The molecule has 1 heterocycles. The maximum atomic E-state index is 14.1. The number of benzene rings is 1. The number of aryl methyl sites for hydroxylation is 1. The number of halogens is 2. The molecule has 0 atom stereocenters. The number of allylic oxidation sites excluding steroid dienone is 4. The maximum Gasteiger partial charge on any atom is 0.181 e. The van der Waals surface area contributed by atoms with Crippen molar-refractivity contribution < 1.29 is 17.2 Å². The first-order valence-electron chi connectivity index (χ1n) is 6.80. The first kappa shape index (κ1) is 16.0. The van der Waals surface area contributed by atoms with Crippen LogP contribution in [0.3, 0.4) is 0 Å². The number of hydrogen-bond acceptors (Lipinski definition) is 4. The van der Waals surface area contributed by atoms with Gasteiger partial charge in [-0.25, -0.2) is 22.2 Å². The van der Waals surface area contributed by atoms with E-state index < -0.39 is 26.4 Å². The Morgan fingerprint density at radius 2 is 1.74 bits per heavy atom. The van der Waals surface area contributed by atoms with Crippen molar-refractivity contribution in [3.63, 3.8) is 0 Å². The molecule has 7 heteroatoms. The lowest BCUT2D eigenvalue weighted by molar-refractivity contribution is 0.521. The second-order valence-electron chi connectivity index (χ2n) is 5.31. The van der Waals surface area contributed by atoms with E-state index in [2.05, 4.69) is 4.98 Å². The quantitative estimate of drug-likeness (QED) is 0.838. The zero-order valence-electron chi connectivity index (χ0n) is 12.4. The Labute approximate surface area is 136 Å². The van der Waals surface area contributed by atoms with E-state index in [0.717, 1.165) is 34.7 Å². The third-order valence-electron chi connectivity index (χ3n) is 3.46. The average Bonchev–Trinajstić information content (AvgIpc) is 3.03. The van der Waals surface area contributed by atoms with Gasteiger partial charge in [0.05, 0.1) is 0 Å². The van der Waals surface area contributed by atoms with E-state index >= 15 is 0 Å². The van der Waals surface area contributed by atoms with Crippen LogP contribution < -0.4 is 0 Å². The fraction of sp³-hybridized carbons (Fsp3) is 0.188. The first-order valence-corrected chi connectivity index (χ1v) is 9.57. The van der Waals surface area contributed by atoms with Crippen LogP contribution in [-0.4, -0.2) is 19.7 Å². The summed E-state index contributed by atoms with van der Waals surface area (Å²) in [5.74, 6) is -2.16. The van der Waals surface area contributed by atoms with E-state index in [0.29, 0.717) is 17.6 Å². The Kier molecular flexibility index (Phi) is 3.93. The topological polar surface area (TPSA) is 47.0 Å². The van der Waals surface area contributed by atoms with Crippen LogP contribution in [0.25, 0.3) is 11.1 Å². The highest BCUT2D eigenvalue weighted by Gasteiger charge is 2.24. The van der Waals surface area contributed by atoms with Crippen LogP contribution >= 0.6 is 11.3 Å². The van der Waals surface area contributed by atoms with E-state index in [1.807, 2.05) is 24.5 Å². The van der Waals surface area contributed by atoms with Gasteiger partial charge in [-0.1, -0.05) is 12.2 Å². The molecule has 0 unspecified atom stereocenters. The van der Waals surface area contributed by atoms with Crippen LogP contribution in [0.15, 0.2) is 34.6 Å². The summed E-state index contributed by atoms with van der Waals surface area (Å²) in [6.45, 7) is 1.87. The predicted molar refractivity (Wildman–Crippen MR) is 86.9 cm³/mol. The van der Waals surface area contributed by atoms with Crippen LogP contribution in [0, 0.1) is 18.6 Å². The molecule has 1 aliphatic carbocycles. The number of hydrogen-bond donors (Lipinski definition) is 0. The van der Waals surface area contributed by atoms with Crippen molar-refractivity contribution in [2.75, 3.05) is 6.26 Å². The van der Waals surface area contributed by atoms with Crippen molar-refractivity contribution >= 4 is 32.3 Å². The summed E-state index contributed by atoms with van der Waals surface area (Å²) in [5, 5.41) is 2.68. The molecule has 0 radical (unpaired) electrons. The standard InChI is InChI=1S/C16H13F2NO2S2/c1-9-8-22-16(19-9)12-5-3-4-11(12)10-6-13(17)15(14(18)7-10)23(2,20)21/h4-8H,3H2,1-2H3. The highest BCUT2D eigenvalue weighted by molar-refractivity contribution is 7.90. The second kappa shape index (κ2) is 5.65. The smallest absolute Gasteiger partial charge is 0.181 e. The van der Waals surface area contributed by atoms with E-state index in [9.17, 15) is 17.2 Å². The molecule has 0 spiro atoms. The van der Waals surface area contributed by atoms with Gasteiger partial charge in [-0.15, -0.1) is 11.3 Å². The summed E-state index contributed by atoms with van der Waals surface area (Å²) < 4.78 is 51.2. The number of aromatic nitrogens is 1. The average molecular weight is 353 g/mol. The summed E-state index contributed by atoms with van der Waals surface area (Å²) in [6.07, 6.45) is 5.21. The van der Waals surface area contributed by atoms with Crippen molar-refractivity contribution in [3.05, 3.63) is 57.6 Å². The minimum atomic E-state index is -3.96. The largest absolute Gasteiger partial charge is 0.241 e. The van der Waals surface area contributed by atoms with Gasteiger partial charge in [0, 0.05) is 22.9 Å². The summed E-state index contributed by atoms with van der Waals surface area (Å²) >= 11 is 1.46. The summed E-state index contributed by atoms with van der Waals surface area (Å²) in [4.78, 5) is 3.50. The molecule has 0 saturated heterocycles. The number of rotatable bonds is 3. The van der Waals surface area contributed by atoms with Gasteiger partial charge in [0.15, 0.2) is 9.84 Å². The SMILES string of the molecule is Cc1csc(C2=CCC=C2c2cc(F)c(S(C)(=O)=O)c(F)c2)n1. The molecule has 3 nitrogen and oxygen atoms in total. The van der Waals surface area contributed by atoms with Crippen molar-refractivity contribution in [3.8, 4) is 0 Å². The lowest BCUT2D eigenvalue weighted by Crippen LogP contribution is -2.05. The second-order valence-corrected chi connectivity index (χ2v) is 8.12. The lowest BCUT2D eigenvalue weighted by atomic mass is 10.0. The van der Waals surface area contributed by atoms with E-state index in [4.69, 9.17) is 0 Å². The van der Waals surface area contributed by atoms with Crippen LogP contribution in [0.4, 0.5) is 8.78 Å². The van der Waals surface area contributed by atoms with E-state index in [1.165, 1.54) is 11.3 Å². The normalized spacial score (nSPS) is 14.8. The highest BCUT2D eigenvalue weighted by Crippen LogP contribution is 2.38. The van der Waals surface area contributed by atoms with Gasteiger partial charge >= 0.3 is 0 Å². The van der Waals surface area contributed by atoms with Crippen LogP contribution in [0.1, 0.15) is 22.7 Å². The van der Waals surface area contributed by atoms with Gasteiger partial charge in [0.25, 0.3) is 0 Å². The molecule has 0 fully saturated rings. The Morgan fingerprint density at radius 3 is 2.26 bits per heavy atom. The molecule has 3 rings (SSSR count). The zero-order valence-corrected chi connectivity index (χ0v) is 14.1. The molecule has 120 valence electrons. The monoisotopic (exact) mass is 353 g/mol. The Bertz CT molecular complexity index is 933. The molecule has 0 aliphatic heterocycles. The van der Waals surface area contributed by atoms with Crippen molar-refractivity contribution in [1.82, 2.24) is 4.98 Å². The molecular formula is C16H13F2NO2S2. The molecule has 1 aromatic carbocycles. The lowest BCUT2D eigenvalue weighted by Gasteiger charge is -2.10. The maximum absolute atomic E-state index is 14.1. The molecular weight excluding hydrogens is 340 g/mol.